The topological polar surface area (TPSA) is 107 Å². The van der Waals surface area contributed by atoms with E-state index in [4.69, 9.17) is 10.5 Å². The van der Waals surface area contributed by atoms with Gasteiger partial charge >= 0.3 is 0 Å². The van der Waals surface area contributed by atoms with Crippen LogP contribution in [-0.2, 0) is 4.74 Å². The summed E-state index contributed by atoms with van der Waals surface area (Å²) in [4.78, 5) is 21.6. The Bertz CT molecular complexity index is 512. The summed E-state index contributed by atoms with van der Waals surface area (Å²) in [5.74, 6) is -0.118. The normalized spacial score (nSPS) is 17.9. The van der Waals surface area contributed by atoms with Gasteiger partial charge in [-0.15, -0.1) is 0 Å². The number of hydrogen-bond acceptors (Lipinski definition) is 5. The fourth-order valence-electron chi connectivity index (χ4n) is 2.21. The molecule has 1 aliphatic heterocycles. The zero-order valence-electron chi connectivity index (χ0n) is 11.0. The lowest BCUT2D eigenvalue weighted by atomic mass is 10.1. The highest BCUT2D eigenvalue weighted by molar-refractivity contribution is 5.94. The minimum absolute atomic E-state index is 0.0577. The van der Waals surface area contributed by atoms with Crippen molar-refractivity contribution in [3.8, 4) is 0 Å². The predicted octanol–water partition coefficient (Wildman–Crippen LogP) is 1.53. The largest absolute Gasteiger partial charge is 0.381 e. The Morgan fingerprint density at radius 2 is 2.35 bits per heavy atom. The fourth-order valence-corrected chi connectivity index (χ4v) is 2.21. The minimum Gasteiger partial charge on any atom is -0.381 e. The Labute approximate surface area is 116 Å². The summed E-state index contributed by atoms with van der Waals surface area (Å²) in [7, 11) is 0. The number of nitro benzene ring substituents is 1. The first-order valence-electron chi connectivity index (χ1n) is 6.48. The third-order valence-corrected chi connectivity index (χ3v) is 3.37. The lowest BCUT2D eigenvalue weighted by molar-refractivity contribution is -0.384. The van der Waals surface area contributed by atoms with Crippen LogP contribution in [0, 0.1) is 16.0 Å². The number of ether oxygens (including phenoxy) is 1. The molecular weight excluding hydrogens is 262 g/mol. The first-order chi connectivity index (χ1) is 9.58. The molecule has 20 heavy (non-hydrogen) atoms. The van der Waals surface area contributed by atoms with Crippen LogP contribution >= 0.6 is 0 Å². The number of carbonyl (C=O) groups is 1. The molecular formula is C13H17N3O4. The monoisotopic (exact) mass is 279 g/mol. The molecule has 0 spiro atoms. The molecule has 0 aliphatic carbocycles. The molecule has 108 valence electrons. The summed E-state index contributed by atoms with van der Waals surface area (Å²) in [6, 6.07) is 4.07. The zero-order chi connectivity index (χ0) is 14.5. The van der Waals surface area contributed by atoms with Gasteiger partial charge in [0.05, 0.1) is 4.92 Å². The fraction of sp³-hybridized carbons (Fsp3) is 0.462. The number of amides is 1. The van der Waals surface area contributed by atoms with Crippen molar-refractivity contribution < 1.29 is 14.5 Å². The molecule has 0 radical (unpaired) electrons. The summed E-state index contributed by atoms with van der Waals surface area (Å²) in [5.41, 5.74) is 5.70. The molecule has 3 N–H and O–H groups in total. The molecule has 1 aromatic carbocycles. The van der Waals surface area contributed by atoms with Crippen LogP contribution in [0.3, 0.4) is 0 Å². The minimum atomic E-state index is -0.604. The van der Waals surface area contributed by atoms with E-state index in [1.807, 2.05) is 0 Å². The smallest absolute Gasteiger partial charge is 0.292 e. The van der Waals surface area contributed by atoms with E-state index in [0.717, 1.165) is 26.1 Å². The van der Waals surface area contributed by atoms with Gasteiger partial charge in [0, 0.05) is 31.4 Å². The van der Waals surface area contributed by atoms with Gasteiger partial charge in [0.25, 0.3) is 5.69 Å². The van der Waals surface area contributed by atoms with Crippen LogP contribution in [0.1, 0.15) is 23.2 Å². The molecule has 1 saturated heterocycles. The molecule has 1 aromatic rings. The molecule has 1 fully saturated rings. The molecule has 1 unspecified atom stereocenters. The second-order valence-electron chi connectivity index (χ2n) is 4.80. The molecule has 0 bridgehead atoms. The molecule has 0 saturated carbocycles. The van der Waals surface area contributed by atoms with Crippen molar-refractivity contribution in [3.05, 3.63) is 33.9 Å². The number of nitrogens with one attached hydrogen (secondary N) is 1. The molecule has 1 aliphatic rings. The highest BCUT2D eigenvalue weighted by atomic mass is 16.6. The third-order valence-electron chi connectivity index (χ3n) is 3.37. The Morgan fingerprint density at radius 1 is 1.55 bits per heavy atom. The lowest BCUT2D eigenvalue weighted by Crippen LogP contribution is -2.13. The molecule has 1 heterocycles. The molecule has 1 atom stereocenters. The predicted molar refractivity (Wildman–Crippen MR) is 73.6 cm³/mol. The van der Waals surface area contributed by atoms with Crippen molar-refractivity contribution in [3.63, 3.8) is 0 Å². The molecule has 1 amide bonds. The van der Waals surface area contributed by atoms with E-state index < -0.39 is 10.8 Å². The Morgan fingerprint density at radius 3 is 2.95 bits per heavy atom. The maximum absolute atomic E-state index is 11.1. The standard InChI is InChI=1S/C13H17N3O4/c14-13(17)10-1-2-12(16(18)19)11(7-10)15-5-3-9-4-6-20-8-9/h1-2,7,9,15H,3-6,8H2,(H2,14,17). The van der Waals surface area contributed by atoms with Crippen LogP contribution in [-0.4, -0.2) is 30.6 Å². The van der Waals surface area contributed by atoms with E-state index in [1.54, 1.807) is 0 Å². The van der Waals surface area contributed by atoms with E-state index in [-0.39, 0.29) is 11.3 Å². The van der Waals surface area contributed by atoms with Gasteiger partial charge in [-0.25, -0.2) is 0 Å². The number of primary amides is 1. The molecule has 0 aromatic heterocycles. The Kier molecular flexibility index (Phi) is 4.52. The van der Waals surface area contributed by atoms with Gasteiger partial charge in [-0.05, 0) is 30.9 Å². The summed E-state index contributed by atoms with van der Waals surface area (Å²) in [5, 5.41) is 14.0. The average molecular weight is 279 g/mol. The van der Waals surface area contributed by atoms with E-state index >= 15 is 0 Å². The highest BCUT2D eigenvalue weighted by Gasteiger charge is 2.18. The van der Waals surface area contributed by atoms with Crippen molar-refractivity contribution in [1.29, 1.82) is 0 Å². The first-order valence-corrected chi connectivity index (χ1v) is 6.48. The van der Waals surface area contributed by atoms with Gasteiger partial charge in [-0.2, -0.15) is 0 Å². The van der Waals surface area contributed by atoms with Crippen molar-refractivity contribution in [2.45, 2.75) is 12.8 Å². The summed E-state index contributed by atoms with van der Waals surface area (Å²) in [6.45, 7) is 2.12. The van der Waals surface area contributed by atoms with Gasteiger partial charge in [-0.3, -0.25) is 14.9 Å². The number of anilines is 1. The Hall–Kier alpha value is -2.15. The second kappa shape index (κ2) is 6.33. The second-order valence-corrected chi connectivity index (χ2v) is 4.80. The number of rotatable bonds is 6. The summed E-state index contributed by atoms with van der Waals surface area (Å²) >= 11 is 0. The molecule has 7 heteroatoms. The van der Waals surface area contributed by atoms with Gasteiger partial charge in [0.1, 0.15) is 5.69 Å². The average Bonchev–Trinajstić information content (AvgIpc) is 2.91. The van der Waals surface area contributed by atoms with Crippen molar-refractivity contribution in [2.24, 2.45) is 11.7 Å². The van der Waals surface area contributed by atoms with Crippen molar-refractivity contribution in [1.82, 2.24) is 0 Å². The molecule has 2 rings (SSSR count). The first kappa shape index (κ1) is 14.3. The number of nitrogens with zero attached hydrogens (tertiary/aromatic N) is 1. The Balaban J connectivity index is 2.04. The lowest BCUT2D eigenvalue weighted by Gasteiger charge is -2.10. The number of hydrogen-bond donors (Lipinski definition) is 2. The van der Waals surface area contributed by atoms with E-state index in [1.165, 1.54) is 18.2 Å². The quantitative estimate of drug-likeness (QED) is 0.606. The van der Waals surface area contributed by atoms with Gasteiger partial charge in [-0.1, -0.05) is 0 Å². The van der Waals surface area contributed by atoms with Crippen molar-refractivity contribution >= 4 is 17.3 Å². The van der Waals surface area contributed by atoms with Crippen molar-refractivity contribution in [2.75, 3.05) is 25.1 Å². The SMILES string of the molecule is NC(=O)c1ccc([N+](=O)[O-])c(NCCC2CCOC2)c1. The number of nitro groups is 1. The maximum Gasteiger partial charge on any atom is 0.292 e. The van der Waals surface area contributed by atoms with Gasteiger partial charge in [0.2, 0.25) is 5.91 Å². The molecule has 7 nitrogen and oxygen atoms in total. The summed E-state index contributed by atoms with van der Waals surface area (Å²) in [6.07, 6.45) is 1.89. The van der Waals surface area contributed by atoms with E-state index in [2.05, 4.69) is 5.32 Å². The summed E-state index contributed by atoms with van der Waals surface area (Å²) < 4.78 is 5.28. The maximum atomic E-state index is 11.1. The highest BCUT2D eigenvalue weighted by Crippen LogP contribution is 2.26. The van der Waals surface area contributed by atoms with Gasteiger partial charge in [0.15, 0.2) is 0 Å². The van der Waals surface area contributed by atoms with Crippen LogP contribution in [0.5, 0.6) is 0 Å². The van der Waals surface area contributed by atoms with Crippen LogP contribution in [0.4, 0.5) is 11.4 Å². The van der Waals surface area contributed by atoms with Crippen LogP contribution in [0.15, 0.2) is 18.2 Å². The van der Waals surface area contributed by atoms with E-state index in [0.29, 0.717) is 18.2 Å². The van der Waals surface area contributed by atoms with Gasteiger partial charge < -0.3 is 15.8 Å². The van der Waals surface area contributed by atoms with Crippen LogP contribution in [0.2, 0.25) is 0 Å². The van der Waals surface area contributed by atoms with Crippen LogP contribution < -0.4 is 11.1 Å². The number of benzene rings is 1. The number of nitrogens with two attached hydrogens (primary N) is 1. The van der Waals surface area contributed by atoms with Crippen LogP contribution in [0.25, 0.3) is 0 Å². The third kappa shape index (κ3) is 3.45. The van der Waals surface area contributed by atoms with E-state index in [9.17, 15) is 14.9 Å². The zero-order valence-corrected chi connectivity index (χ0v) is 11.0. The number of carbonyl (C=O) groups excluding carboxylic acids is 1.